The third-order valence-electron chi connectivity index (χ3n) is 5.70. The molecule has 0 amide bonds. The van der Waals surface area contributed by atoms with Gasteiger partial charge in [0.05, 0.1) is 38.5 Å². The van der Waals surface area contributed by atoms with Crippen LogP contribution in [0.5, 0.6) is 0 Å². The van der Waals surface area contributed by atoms with Crippen LogP contribution in [-0.4, -0.2) is 17.1 Å². The Kier molecular flexibility index (Phi) is 7.12. The number of hydrogen-bond acceptors (Lipinski definition) is 5. The van der Waals surface area contributed by atoms with Crippen molar-refractivity contribution in [2.75, 3.05) is 6.61 Å². The first-order chi connectivity index (χ1) is 16.2. The van der Waals surface area contributed by atoms with Gasteiger partial charge in [0.1, 0.15) is 0 Å². The Balaban J connectivity index is 1.95. The standard InChI is InChI=1S/C26H24Cl2N2O3S/c1-5-33-25(32)21-15(4)29-26-30(23(21)17-11-9-16(10-12-17)14(2)3)24(31)20(34-26)13-18-7-6-8-19(27)22(18)28/h6-14,23H,5H2,1-4H3/b20-13+/t23-/m1/s1. The highest BCUT2D eigenvalue weighted by atomic mass is 35.5. The number of rotatable bonds is 5. The number of ether oxygens (including phenoxy) is 1. The van der Waals surface area contributed by atoms with E-state index >= 15 is 0 Å². The van der Waals surface area contributed by atoms with Crippen molar-refractivity contribution in [3.05, 3.63) is 100 Å². The van der Waals surface area contributed by atoms with Gasteiger partial charge in [0.25, 0.3) is 5.56 Å². The van der Waals surface area contributed by atoms with Crippen molar-refractivity contribution in [3.63, 3.8) is 0 Å². The molecule has 176 valence electrons. The Morgan fingerprint density at radius 3 is 2.56 bits per heavy atom. The van der Waals surface area contributed by atoms with Crippen molar-refractivity contribution in [1.29, 1.82) is 0 Å². The number of halogens is 2. The molecule has 34 heavy (non-hydrogen) atoms. The van der Waals surface area contributed by atoms with Crippen LogP contribution in [0.25, 0.3) is 6.08 Å². The lowest BCUT2D eigenvalue weighted by Gasteiger charge is -2.25. The lowest BCUT2D eigenvalue weighted by atomic mass is 9.93. The second-order valence-corrected chi connectivity index (χ2v) is 10.1. The number of hydrogen-bond donors (Lipinski definition) is 0. The summed E-state index contributed by atoms with van der Waals surface area (Å²) in [7, 11) is 0. The van der Waals surface area contributed by atoms with E-state index in [4.69, 9.17) is 27.9 Å². The summed E-state index contributed by atoms with van der Waals surface area (Å²) in [5.41, 5.74) is 3.26. The summed E-state index contributed by atoms with van der Waals surface area (Å²) in [5.74, 6) is -0.117. The molecule has 5 nitrogen and oxygen atoms in total. The average Bonchev–Trinajstić information content (AvgIpc) is 3.10. The number of thiazole rings is 1. The van der Waals surface area contributed by atoms with Gasteiger partial charge in [0, 0.05) is 0 Å². The summed E-state index contributed by atoms with van der Waals surface area (Å²) in [4.78, 5) is 31.7. The molecule has 0 spiro atoms. The van der Waals surface area contributed by atoms with Crippen molar-refractivity contribution in [2.45, 2.75) is 39.7 Å². The highest BCUT2D eigenvalue weighted by Crippen LogP contribution is 2.32. The van der Waals surface area contributed by atoms with Gasteiger partial charge in [-0.1, -0.05) is 84.8 Å². The van der Waals surface area contributed by atoms with Gasteiger partial charge >= 0.3 is 5.97 Å². The molecule has 1 aromatic heterocycles. The summed E-state index contributed by atoms with van der Waals surface area (Å²) >= 11 is 13.8. The first-order valence-corrected chi connectivity index (χ1v) is 12.5. The van der Waals surface area contributed by atoms with E-state index in [9.17, 15) is 9.59 Å². The highest BCUT2D eigenvalue weighted by molar-refractivity contribution is 7.07. The van der Waals surface area contributed by atoms with Gasteiger partial charge < -0.3 is 4.74 Å². The van der Waals surface area contributed by atoms with Gasteiger partial charge in [-0.25, -0.2) is 9.79 Å². The van der Waals surface area contributed by atoms with Crippen molar-refractivity contribution >= 4 is 46.6 Å². The maximum atomic E-state index is 13.6. The molecule has 0 unspecified atom stereocenters. The quantitative estimate of drug-likeness (QED) is 0.438. The van der Waals surface area contributed by atoms with Gasteiger partial charge in [-0.05, 0) is 48.6 Å². The van der Waals surface area contributed by atoms with Crippen molar-refractivity contribution in [2.24, 2.45) is 4.99 Å². The minimum absolute atomic E-state index is 0.228. The van der Waals surface area contributed by atoms with Crippen molar-refractivity contribution in [3.8, 4) is 0 Å². The summed E-state index contributed by atoms with van der Waals surface area (Å²) in [5, 5.41) is 0.783. The van der Waals surface area contributed by atoms with Gasteiger partial charge in [-0.3, -0.25) is 9.36 Å². The molecule has 0 saturated heterocycles. The summed E-state index contributed by atoms with van der Waals surface area (Å²) < 4.78 is 7.36. The molecule has 0 saturated carbocycles. The number of carbonyl (C=O) groups is 1. The lowest BCUT2D eigenvalue weighted by Crippen LogP contribution is -2.39. The number of nitrogens with zero attached hydrogens (tertiary/aromatic N) is 2. The average molecular weight is 515 g/mol. The fourth-order valence-corrected chi connectivity index (χ4v) is 5.34. The Morgan fingerprint density at radius 2 is 1.91 bits per heavy atom. The van der Waals surface area contributed by atoms with E-state index in [0.29, 0.717) is 42.1 Å². The van der Waals surface area contributed by atoms with Crippen molar-refractivity contribution in [1.82, 2.24) is 4.57 Å². The van der Waals surface area contributed by atoms with Crippen LogP contribution < -0.4 is 14.9 Å². The molecule has 2 heterocycles. The predicted octanol–water partition coefficient (Wildman–Crippen LogP) is 5.23. The Labute approximate surface area is 211 Å². The van der Waals surface area contributed by atoms with E-state index in [1.165, 1.54) is 16.9 Å². The maximum absolute atomic E-state index is 13.6. The minimum Gasteiger partial charge on any atom is -0.463 e. The first-order valence-electron chi connectivity index (χ1n) is 11.0. The highest BCUT2D eigenvalue weighted by Gasteiger charge is 2.33. The monoisotopic (exact) mass is 514 g/mol. The van der Waals surface area contributed by atoms with E-state index in [-0.39, 0.29) is 12.2 Å². The molecule has 3 aromatic rings. The van der Waals surface area contributed by atoms with Gasteiger partial charge in [0.2, 0.25) is 0 Å². The number of aromatic nitrogens is 1. The zero-order valence-electron chi connectivity index (χ0n) is 19.3. The van der Waals surface area contributed by atoms with E-state index < -0.39 is 12.0 Å². The van der Waals surface area contributed by atoms with Crippen LogP contribution in [0, 0.1) is 0 Å². The molecule has 0 N–H and O–H groups in total. The van der Waals surface area contributed by atoms with Crippen LogP contribution in [0.4, 0.5) is 0 Å². The predicted molar refractivity (Wildman–Crippen MR) is 137 cm³/mol. The molecule has 0 fully saturated rings. The molecule has 1 aliphatic rings. The fourth-order valence-electron chi connectivity index (χ4n) is 3.94. The van der Waals surface area contributed by atoms with E-state index in [0.717, 1.165) is 5.56 Å². The van der Waals surface area contributed by atoms with Crippen LogP contribution in [0.15, 0.2) is 63.5 Å². The SMILES string of the molecule is CCOC(=O)C1=C(C)N=c2s/c(=C/c3cccc(Cl)c3Cl)c(=O)n2[C@@H]1c1ccc(C(C)C)cc1. The number of benzene rings is 2. The molecular weight excluding hydrogens is 491 g/mol. The Hall–Kier alpha value is -2.67. The zero-order chi connectivity index (χ0) is 24.6. The van der Waals surface area contributed by atoms with Gasteiger partial charge in [-0.15, -0.1) is 0 Å². The number of fused-ring (bicyclic) bond motifs is 1. The van der Waals surface area contributed by atoms with Crippen LogP contribution in [0.2, 0.25) is 10.0 Å². The molecule has 1 aliphatic heterocycles. The van der Waals surface area contributed by atoms with Crippen LogP contribution in [0.3, 0.4) is 0 Å². The molecule has 4 rings (SSSR count). The molecule has 0 bridgehead atoms. The summed E-state index contributed by atoms with van der Waals surface area (Å²) in [6.45, 7) is 7.99. The largest absolute Gasteiger partial charge is 0.463 e. The van der Waals surface area contributed by atoms with E-state index in [1.54, 1.807) is 42.7 Å². The smallest absolute Gasteiger partial charge is 0.338 e. The van der Waals surface area contributed by atoms with E-state index in [2.05, 4.69) is 18.8 Å². The van der Waals surface area contributed by atoms with E-state index in [1.807, 2.05) is 24.3 Å². The normalized spacial score (nSPS) is 16.0. The topological polar surface area (TPSA) is 60.7 Å². The van der Waals surface area contributed by atoms with Gasteiger partial charge in [-0.2, -0.15) is 0 Å². The van der Waals surface area contributed by atoms with Crippen LogP contribution >= 0.6 is 34.5 Å². The molecule has 2 aromatic carbocycles. The first kappa shape index (κ1) is 24.5. The molecule has 0 radical (unpaired) electrons. The lowest BCUT2D eigenvalue weighted by molar-refractivity contribution is -0.139. The molecule has 1 atom stereocenters. The summed E-state index contributed by atoms with van der Waals surface area (Å²) in [6, 6.07) is 12.6. The third-order valence-corrected chi connectivity index (χ3v) is 7.52. The Bertz CT molecular complexity index is 1470. The number of carbonyl (C=O) groups excluding carboxylic acids is 1. The molecule has 8 heteroatoms. The summed E-state index contributed by atoms with van der Waals surface area (Å²) in [6.07, 6.45) is 1.71. The third kappa shape index (κ3) is 4.50. The minimum atomic E-state index is -0.645. The van der Waals surface area contributed by atoms with Crippen LogP contribution in [0.1, 0.15) is 56.3 Å². The van der Waals surface area contributed by atoms with Crippen molar-refractivity contribution < 1.29 is 9.53 Å². The molecule has 0 aliphatic carbocycles. The number of allylic oxidation sites excluding steroid dienone is 1. The fraction of sp³-hybridized carbons (Fsp3) is 0.269. The zero-order valence-corrected chi connectivity index (χ0v) is 21.6. The van der Waals surface area contributed by atoms with Gasteiger partial charge in [0.15, 0.2) is 4.80 Å². The maximum Gasteiger partial charge on any atom is 0.338 e. The van der Waals surface area contributed by atoms with Crippen LogP contribution in [-0.2, 0) is 9.53 Å². The second kappa shape index (κ2) is 9.90. The Morgan fingerprint density at radius 1 is 1.21 bits per heavy atom. The molecular formula is C26H24Cl2N2O3S. The second-order valence-electron chi connectivity index (χ2n) is 8.27. The number of esters is 1.